The molecule has 0 unspecified atom stereocenters. The van der Waals surface area contributed by atoms with Gasteiger partial charge >= 0.3 is 5.69 Å². The van der Waals surface area contributed by atoms with Crippen LogP contribution in [0.3, 0.4) is 0 Å². The van der Waals surface area contributed by atoms with Crippen LogP contribution in [0, 0.1) is 5.92 Å². The minimum atomic E-state index is -0.451. The van der Waals surface area contributed by atoms with Gasteiger partial charge in [-0.15, -0.1) is 0 Å². The van der Waals surface area contributed by atoms with E-state index in [4.69, 9.17) is 0 Å². The molecule has 0 fully saturated rings. The van der Waals surface area contributed by atoms with Crippen LogP contribution in [-0.4, -0.2) is 24.9 Å². The lowest BCUT2D eigenvalue weighted by molar-refractivity contribution is 0.630. The molecule has 1 aromatic carbocycles. The molecule has 3 rings (SSSR count). The predicted molar refractivity (Wildman–Crippen MR) is 109 cm³/mol. The average molecular weight is 437 g/mol. The zero-order chi connectivity index (χ0) is 18.8. The third-order valence-electron chi connectivity index (χ3n) is 4.13. The molecule has 6 nitrogen and oxygen atoms in total. The van der Waals surface area contributed by atoms with Crippen LogP contribution in [-0.2, 0) is 13.6 Å². The molecule has 0 saturated carbocycles. The quantitative estimate of drug-likeness (QED) is 0.601. The summed E-state index contributed by atoms with van der Waals surface area (Å²) in [5.74, 6) is 1.50. The zero-order valence-electron chi connectivity index (χ0n) is 15.0. The van der Waals surface area contributed by atoms with Gasteiger partial charge in [-0.2, -0.15) is 0 Å². The van der Waals surface area contributed by atoms with Gasteiger partial charge in [0.25, 0.3) is 5.56 Å². The summed E-state index contributed by atoms with van der Waals surface area (Å²) in [6.45, 7) is 4.88. The number of aromatic amines is 1. The molecular weight excluding hydrogens is 416 g/mol. The monoisotopic (exact) mass is 436 g/mol. The van der Waals surface area contributed by atoms with Gasteiger partial charge in [0.05, 0.1) is 6.54 Å². The number of hydrogen-bond donors (Lipinski definition) is 1. The number of fused-ring (bicyclic) bond motifs is 1. The Morgan fingerprint density at radius 3 is 2.77 bits per heavy atom. The highest BCUT2D eigenvalue weighted by atomic mass is 79.9. The predicted octanol–water partition coefficient (Wildman–Crippen LogP) is 3.37. The molecule has 0 aliphatic carbocycles. The third kappa shape index (κ3) is 3.96. The Morgan fingerprint density at radius 2 is 2.08 bits per heavy atom. The number of aromatic nitrogens is 4. The van der Waals surface area contributed by atoms with E-state index in [1.54, 1.807) is 18.8 Å². The number of rotatable bonds is 6. The largest absolute Gasteiger partial charge is 0.329 e. The van der Waals surface area contributed by atoms with E-state index < -0.39 is 11.2 Å². The van der Waals surface area contributed by atoms with Gasteiger partial charge in [0.15, 0.2) is 16.3 Å². The molecular formula is C18H21BrN4O2S. The molecule has 1 N–H and O–H groups in total. The first-order valence-corrected chi connectivity index (χ1v) is 10.2. The van der Waals surface area contributed by atoms with Crippen molar-refractivity contribution in [2.24, 2.45) is 13.0 Å². The fourth-order valence-electron chi connectivity index (χ4n) is 2.68. The highest BCUT2D eigenvalue weighted by molar-refractivity contribution is 9.10. The topological polar surface area (TPSA) is 72.7 Å². The lowest BCUT2D eigenvalue weighted by Crippen LogP contribution is -2.29. The maximum atomic E-state index is 12.5. The Bertz CT molecular complexity index is 1050. The zero-order valence-corrected chi connectivity index (χ0v) is 17.4. The van der Waals surface area contributed by atoms with Gasteiger partial charge in [-0.1, -0.05) is 53.7 Å². The normalized spacial score (nSPS) is 11.6. The molecule has 2 aromatic heterocycles. The minimum absolute atomic E-state index is 0.402. The van der Waals surface area contributed by atoms with Crippen LogP contribution < -0.4 is 11.2 Å². The summed E-state index contributed by atoms with van der Waals surface area (Å²) in [5.41, 5.74) is 1.05. The van der Waals surface area contributed by atoms with Crippen molar-refractivity contribution >= 4 is 38.9 Å². The highest BCUT2D eigenvalue weighted by Gasteiger charge is 2.18. The molecule has 0 aliphatic heterocycles. The van der Waals surface area contributed by atoms with Gasteiger partial charge in [-0.25, -0.2) is 9.78 Å². The Hall–Kier alpha value is -1.80. The molecule has 0 bridgehead atoms. The molecule has 26 heavy (non-hydrogen) atoms. The van der Waals surface area contributed by atoms with Gasteiger partial charge in [0, 0.05) is 17.3 Å². The summed E-state index contributed by atoms with van der Waals surface area (Å²) in [6, 6.07) is 7.95. The third-order valence-corrected chi connectivity index (χ3v) is 5.63. The molecule has 0 aliphatic rings. The number of imidazole rings is 1. The summed E-state index contributed by atoms with van der Waals surface area (Å²) in [6.07, 6.45) is 1.06. The minimum Gasteiger partial charge on any atom is -0.309 e. The fraction of sp³-hybridized carbons (Fsp3) is 0.389. The lowest BCUT2D eigenvalue weighted by Gasteiger charge is -2.10. The lowest BCUT2D eigenvalue weighted by atomic mass is 10.2. The molecule has 0 radical (unpaired) electrons. The van der Waals surface area contributed by atoms with E-state index in [9.17, 15) is 9.59 Å². The smallest absolute Gasteiger partial charge is 0.309 e. The van der Waals surface area contributed by atoms with Crippen LogP contribution in [0.15, 0.2) is 43.5 Å². The van der Waals surface area contributed by atoms with Crippen LogP contribution in [0.5, 0.6) is 0 Å². The van der Waals surface area contributed by atoms with E-state index in [-0.39, 0.29) is 0 Å². The van der Waals surface area contributed by atoms with Gasteiger partial charge in [-0.05, 0) is 30.0 Å². The van der Waals surface area contributed by atoms with Crippen molar-refractivity contribution in [2.45, 2.75) is 32.0 Å². The van der Waals surface area contributed by atoms with Crippen molar-refractivity contribution in [3.05, 3.63) is 55.1 Å². The van der Waals surface area contributed by atoms with Crippen LogP contribution in [0.25, 0.3) is 11.2 Å². The maximum Gasteiger partial charge on any atom is 0.329 e. The number of aryl methyl sites for hydroxylation is 1. The average Bonchev–Trinajstić information content (AvgIpc) is 2.92. The van der Waals surface area contributed by atoms with E-state index in [0.717, 1.165) is 27.4 Å². The van der Waals surface area contributed by atoms with Gasteiger partial charge in [-0.3, -0.25) is 14.3 Å². The Kier molecular flexibility index (Phi) is 5.72. The maximum absolute atomic E-state index is 12.5. The first-order chi connectivity index (χ1) is 12.4. The number of thioether (sulfide) groups is 1. The molecule has 138 valence electrons. The Labute approximate surface area is 163 Å². The number of nitrogens with one attached hydrogen (secondary N) is 1. The molecule has 0 spiro atoms. The molecule has 3 aromatic rings. The highest BCUT2D eigenvalue weighted by Crippen LogP contribution is 2.25. The summed E-state index contributed by atoms with van der Waals surface area (Å²) in [5, 5.41) is 0.757. The number of H-pyrrole nitrogens is 1. The summed E-state index contributed by atoms with van der Waals surface area (Å²) in [4.78, 5) is 31.4. The molecule has 0 atom stereocenters. The van der Waals surface area contributed by atoms with E-state index in [2.05, 4.69) is 39.7 Å². The van der Waals surface area contributed by atoms with E-state index in [1.165, 1.54) is 4.57 Å². The number of nitrogens with zero attached hydrogens (tertiary/aromatic N) is 3. The van der Waals surface area contributed by atoms with E-state index in [1.807, 2.05) is 28.8 Å². The van der Waals surface area contributed by atoms with Crippen LogP contribution in [0.1, 0.15) is 25.8 Å². The van der Waals surface area contributed by atoms with Crippen LogP contribution >= 0.6 is 27.7 Å². The second-order valence-electron chi connectivity index (χ2n) is 6.63. The van der Waals surface area contributed by atoms with Crippen molar-refractivity contribution in [3.8, 4) is 0 Å². The van der Waals surface area contributed by atoms with E-state index >= 15 is 0 Å². The second-order valence-corrected chi connectivity index (χ2v) is 8.61. The molecule has 0 saturated heterocycles. The van der Waals surface area contributed by atoms with Gasteiger partial charge in [0.1, 0.15) is 0 Å². The van der Waals surface area contributed by atoms with Gasteiger partial charge < -0.3 is 4.57 Å². The van der Waals surface area contributed by atoms with E-state index in [0.29, 0.717) is 23.6 Å². The number of hydrogen-bond acceptors (Lipinski definition) is 4. The van der Waals surface area contributed by atoms with Crippen LogP contribution in [0.2, 0.25) is 0 Å². The molecule has 2 heterocycles. The van der Waals surface area contributed by atoms with Crippen molar-refractivity contribution < 1.29 is 0 Å². The van der Waals surface area contributed by atoms with Crippen molar-refractivity contribution in [3.63, 3.8) is 0 Å². The fourth-order valence-corrected chi connectivity index (χ4v) is 4.36. The summed E-state index contributed by atoms with van der Waals surface area (Å²) >= 11 is 5.10. The first kappa shape index (κ1) is 19.0. The number of halogens is 1. The van der Waals surface area contributed by atoms with Crippen molar-refractivity contribution in [1.29, 1.82) is 0 Å². The standard InChI is InChI=1S/C18H21BrN4O2S/c1-11(2)7-8-26-18-20-15-14(16(24)21-17(25)22(15)3)23(18)10-12-5-4-6-13(19)9-12/h4-6,9,11H,7-8,10H2,1-3H3,(H,21,24,25). The SMILES string of the molecule is CC(C)CCSc1nc2c(c(=O)[nH]c(=O)n2C)n1Cc1cccc(Br)c1. The molecule has 0 amide bonds. The van der Waals surface area contributed by atoms with Crippen molar-refractivity contribution in [1.82, 2.24) is 19.1 Å². The Balaban J connectivity index is 2.11. The van der Waals surface area contributed by atoms with Crippen molar-refractivity contribution in [2.75, 3.05) is 5.75 Å². The summed E-state index contributed by atoms with van der Waals surface area (Å²) < 4.78 is 4.27. The molecule has 8 heteroatoms. The summed E-state index contributed by atoms with van der Waals surface area (Å²) in [7, 11) is 1.62. The first-order valence-electron chi connectivity index (χ1n) is 8.43. The second kappa shape index (κ2) is 7.84. The van der Waals surface area contributed by atoms with Gasteiger partial charge in [0.2, 0.25) is 0 Å². The Morgan fingerprint density at radius 1 is 1.31 bits per heavy atom. The number of benzene rings is 1. The van der Waals surface area contributed by atoms with Crippen LogP contribution in [0.4, 0.5) is 0 Å².